The summed E-state index contributed by atoms with van der Waals surface area (Å²) >= 11 is 0. The summed E-state index contributed by atoms with van der Waals surface area (Å²) in [6, 6.07) is 0.514. The Morgan fingerprint density at radius 2 is 1.88 bits per heavy atom. The number of hydrogen-bond donors (Lipinski definition) is 2. The fourth-order valence-electron chi connectivity index (χ4n) is 2.22. The summed E-state index contributed by atoms with van der Waals surface area (Å²) in [4.78, 5) is 18.6. The Labute approximate surface area is 99.3 Å². The molecule has 1 aromatic rings. The van der Waals surface area contributed by atoms with Gasteiger partial charge in [0, 0.05) is 6.04 Å². The van der Waals surface area contributed by atoms with Gasteiger partial charge in [-0.2, -0.15) is 0 Å². The number of nitrogens with one attached hydrogen (secondary N) is 1. The topological polar surface area (TPSA) is 75.1 Å². The van der Waals surface area contributed by atoms with Gasteiger partial charge in [0.15, 0.2) is 5.69 Å². The maximum absolute atomic E-state index is 10.6. The van der Waals surface area contributed by atoms with Gasteiger partial charge < -0.3 is 10.4 Å². The Hall–Kier alpha value is -1.65. The molecule has 90 valence electrons. The van der Waals surface area contributed by atoms with E-state index in [4.69, 9.17) is 5.11 Å². The lowest BCUT2D eigenvalue weighted by Crippen LogP contribution is -2.25. The molecule has 0 saturated heterocycles. The fraction of sp³-hybridized carbons (Fsp3) is 0.583. The SMILES string of the molecule is O=C(O)c1cnc(NC(C2CC2)C2CC2)cn1. The zero-order chi connectivity index (χ0) is 11.8. The number of carboxylic acids is 1. The summed E-state index contributed by atoms with van der Waals surface area (Å²) in [6.45, 7) is 0. The molecular weight excluding hydrogens is 218 g/mol. The third-order valence-corrected chi connectivity index (χ3v) is 3.45. The van der Waals surface area contributed by atoms with Crippen molar-refractivity contribution < 1.29 is 9.90 Å². The van der Waals surface area contributed by atoms with E-state index >= 15 is 0 Å². The van der Waals surface area contributed by atoms with Crippen LogP contribution in [0.1, 0.15) is 36.2 Å². The molecule has 2 saturated carbocycles. The first-order valence-corrected chi connectivity index (χ1v) is 6.06. The predicted octanol–water partition coefficient (Wildman–Crippen LogP) is 1.78. The average molecular weight is 233 g/mol. The van der Waals surface area contributed by atoms with E-state index in [1.54, 1.807) is 0 Å². The molecule has 0 atom stereocenters. The van der Waals surface area contributed by atoms with Crippen molar-refractivity contribution >= 4 is 11.8 Å². The minimum Gasteiger partial charge on any atom is -0.476 e. The van der Waals surface area contributed by atoms with Crippen LogP contribution >= 0.6 is 0 Å². The summed E-state index contributed by atoms with van der Waals surface area (Å²) in [7, 11) is 0. The Morgan fingerprint density at radius 1 is 1.24 bits per heavy atom. The molecule has 0 amide bonds. The Bertz CT molecular complexity index is 412. The van der Waals surface area contributed by atoms with Crippen LogP contribution < -0.4 is 5.32 Å². The van der Waals surface area contributed by atoms with Gasteiger partial charge in [-0.05, 0) is 37.5 Å². The van der Waals surface area contributed by atoms with E-state index in [9.17, 15) is 4.79 Å². The lowest BCUT2D eigenvalue weighted by molar-refractivity contribution is 0.0690. The minimum atomic E-state index is -1.04. The van der Waals surface area contributed by atoms with Crippen LogP contribution in [0.5, 0.6) is 0 Å². The first-order chi connectivity index (χ1) is 8.24. The quantitative estimate of drug-likeness (QED) is 0.810. The van der Waals surface area contributed by atoms with Crippen molar-refractivity contribution in [3.8, 4) is 0 Å². The number of hydrogen-bond acceptors (Lipinski definition) is 4. The molecule has 5 heteroatoms. The van der Waals surface area contributed by atoms with Gasteiger partial charge in [0.25, 0.3) is 0 Å². The minimum absolute atomic E-state index is 0.00931. The van der Waals surface area contributed by atoms with Gasteiger partial charge in [-0.15, -0.1) is 0 Å². The summed E-state index contributed by atoms with van der Waals surface area (Å²) < 4.78 is 0. The van der Waals surface area contributed by atoms with Crippen LogP contribution in [0, 0.1) is 11.8 Å². The molecule has 0 radical (unpaired) electrons. The molecule has 0 bridgehead atoms. The molecular formula is C12H15N3O2. The number of nitrogens with zero attached hydrogens (tertiary/aromatic N) is 2. The second-order valence-corrected chi connectivity index (χ2v) is 4.94. The summed E-state index contributed by atoms with van der Waals surface area (Å²) in [5.41, 5.74) is -0.00931. The number of carboxylic acid groups (broad SMARTS) is 1. The number of rotatable bonds is 5. The highest BCUT2D eigenvalue weighted by atomic mass is 16.4. The van der Waals surface area contributed by atoms with E-state index in [1.165, 1.54) is 38.1 Å². The van der Waals surface area contributed by atoms with Crippen LogP contribution in [0.3, 0.4) is 0 Å². The Morgan fingerprint density at radius 3 is 2.29 bits per heavy atom. The van der Waals surface area contributed by atoms with Gasteiger partial charge in [-0.25, -0.2) is 14.8 Å². The highest BCUT2D eigenvalue weighted by Crippen LogP contribution is 2.45. The molecule has 2 fully saturated rings. The van der Waals surface area contributed by atoms with E-state index in [0.29, 0.717) is 11.9 Å². The molecule has 2 aliphatic rings. The molecule has 2 N–H and O–H groups in total. The lowest BCUT2D eigenvalue weighted by Gasteiger charge is -2.17. The van der Waals surface area contributed by atoms with Crippen LogP contribution in [0.25, 0.3) is 0 Å². The van der Waals surface area contributed by atoms with Crippen molar-refractivity contribution in [2.45, 2.75) is 31.7 Å². The summed E-state index contributed by atoms with van der Waals surface area (Å²) in [6.07, 6.45) is 8.02. The third-order valence-electron chi connectivity index (χ3n) is 3.45. The zero-order valence-corrected chi connectivity index (χ0v) is 9.47. The van der Waals surface area contributed by atoms with Crippen LogP contribution in [0.15, 0.2) is 12.4 Å². The van der Waals surface area contributed by atoms with E-state index in [2.05, 4.69) is 15.3 Å². The van der Waals surface area contributed by atoms with E-state index in [0.717, 1.165) is 11.8 Å². The fourth-order valence-corrected chi connectivity index (χ4v) is 2.22. The van der Waals surface area contributed by atoms with Crippen LogP contribution in [-0.4, -0.2) is 27.1 Å². The number of anilines is 1. The average Bonchev–Trinajstić information content (AvgIpc) is 3.17. The molecule has 3 rings (SSSR count). The standard InChI is InChI=1S/C12H15N3O2/c16-12(17)9-5-14-10(6-13-9)15-11(7-1-2-7)8-3-4-8/h5-8,11H,1-4H2,(H,14,15)(H,16,17). The maximum Gasteiger partial charge on any atom is 0.356 e. The van der Waals surface area contributed by atoms with Crippen LogP contribution in [0.2, 0.25) is 0 Å². The maximum atomic E-state index is 10.6. The van der Waals surface area contributed by atoms with Gasteiger partial charge in [-0.1, -0.05) is 0 Å². The molecule has 0 aliphatic heterocycles. The van der Waals surface area contributed by atoms with Crippen LogP contribution in [0.4, 0.5) is 5.82 Å². The molecule has 1 heterocycles. The van der Waals surface area contributed by atoms with Crippen molar-refractivity contribution in [1.29, 1.82) is 0 Å². The smallest absolute Gasteiger partial charge is 0.356 e. The predicted molar refractivity (Wildman–Crippen MR) is 61.9 cm³/mol. The Kier molecular flexibility index (Phi) is 2.46. The summed E-state index contributed by atoms with van der Waals surface area (Å²) in [5.74, 6) is 1.22. The summed E-state index contributed by atoms with van der Waals surface area (Å²) in [5, 5.41) is 12.1. The van der Waals surface area contributed by atoms with Crippen LogP contribution in [-0.2, 0) is 0 Å². The molecule has 2 aliphatic carbocycles. The van der Waals surface area contributed by atoms with Crippen molar-refractivity contribution in [2.24, 2.45) is 11.8 Å². The zero-order valence-electron chi connectivity index (χ0n) is 9.47. The van der Waals surface area contributed by atoms with Gasteiger partial charge >= 0.3 is 5.97 Å². The van der Waals surface area contributed by atoms with E-state index in [1.807, 2.05) is 0 Å². The molecule has 1 aromatic heterocycles. The van der Waals surface area contributed by atoms with Crippen molar-refractivity contribution in [2.75, 3.05) is 5.32 Å². The monoisotopic (exact) mass is 233 g/mol. The molecule has 0 aromatic carbocycles. The third kappa shape index (κ3) is 2.38. The molecule has 0 spiro atoms. The molecule has 0 unspecified atom stereocenters. The van der Waals surface area contributed by atoms with Gasteiger partial charge in [0.05, 0.1) is 12.4 Å². The molecule has 17 heavy (non-hydrogen) atoms. The second kappa shape index (κ2) is 3.98. The number of aromatic nitrogens is 2. The number of carbonyl (C=O) groups is 1. The lowest BCUT2D eigenvalue weighted by atomic mass is 10.1. The molecule has 5 nitrogen and oxygen atoms in total. The van der Waals surface area contributed by atoms with Gasteiger partial charge in [0.1, 0.15) is 5.82 Å². The highest BCUT2D eigenvalue weighted by molar-refractivity contribution is 5.84. The van der Waals surface area contributed by atoms with Crippen molar-refractivity contribution in [1.82, 2.24) is 9.97 Å². The van der Waals surface area contributed by atoms with Gasteiger partial charge in [0.2, 0.25) is 0 Å². The second-order valence-electron chi connectivity index (χ2n) is 4.94. The number of aromatic carboxylic acids is 1. The largest absolute Gasteiger partial charge is 0.476 e. The van der Waals surface area contributed by atoms with Crippen molar-refractivity contribution in [3.63, 3.8) is 0 Å². The highest BCUT2D eigenvalue weighted by Gasteiger charge is 2.41. The van der Waals surface area contributed by atoms with Crippen molar-refractivity contribution in [3.05, 3.63) is 18.1 Å². The Balaban J connectivity index is 1.68. The first kappa shape index (κ1) is 10.5. The van der Waals surface area contributed by atoms with Gasteiger partial charge in [-0.3, -0.25) is 0 Å². The van der Waals surface area contributed by atoms with E-state index < -0.39 is 5.97 Å². The van der Waals surface area contributed by atoms with E-state index in [-0.39, 0.29) is 5.69 Å². The normalized spacial score (nSPS) is 19.4. The first-order valence-electron chi connectivity index (χ1n) is 6.06.